The average Bonchev–Trinajstić information content (AvgIpc) is 2.51. The number of halogens is 1. The van der Waals surface area contributed by atoms with Crippen LogP contribution in [0.25, 0.3) is 0 Å². The topological polar surface area (TPSA) is 57.6 Å². The minimum absolute atomic E-state index is 0.0838. The normalized spacial score (nSPS) is 18.2. The molecule has 1 aliphatic heterocycles. The maximum Gasteiger partial charge on any atom is 0.303 e. The lowest BCUT2D eigenvalue weighted by Gasteiger charge is -2.35. The van der Waals surface area contributed by atoms with Crippen molar-refractivity contribution in [1.82, 2.24) is 4.90 Å². The van der Waals surface area contributed by atoms with Crippen LogP contribution in [0.2, 0.25) is 0 Å². The van der Waals surface area contributed by atoms with Crippen LogP contribution in [-0.2, 0) is 9.59 Å². The molecule has 1 aliphatic rings. The Morgan fingerprint density at radius 2 is 2.18 bits per heavy atom. The second-order valence-electron chi connectivity index (χ2n) is 5.42. The van der Waals surface area contributed by atoms with Gasteiger partial charge in [-0.05, 0) is 43.9 Å². The summed E-state index contributed by atoms with van der Waals surface area (Å²) >= 11 is 4.95. The highest BCUT2D eigenvalue weighted by Crippen LogP contribution is 2.25. The van der Waals surface area contributed by atoms with Crippen LogP contribution in [-0.4, -0.2) is 40.2 Å². The first-order valence-electron chi connectivity index (χ1n) is 7.46. The fraction of sp³-hybridized carbons (Fsp3) is 0.500. The predicted octanol–water partition coefficient (Wildman–Crippen LogP) is 3.79. The van der Waals surface area contributed by atoms with Gasteiger partial charge in [-0.3, -0.25) is 9.59 Å². The lowest BCUT2D eigenvalue weighted by Crippen LogP contribution is -2.44. The quantitative estimate of drug-likeness (QED) is 0.756. The number of likely N-dealkylation sites (tertiary alicyclic amines) is 1. The molecule has 1 fully saturated rings. The standard InChI is InChI=1S/C16H20BrNO3S/c17-12-4-3-6-14(10-12)22-11-15(19)18-9-2-1-5-13(18)7-8-16(20)21/h3-4,6,10,13H,1-2,5,7-9,11H2,(H,20,21). The molecule has 1 heterocycles. The third-order valence-electron chi connectivity index (χ3n) is 3.80. The summed E-state index contributed by atoms with van der Waals surface area (Å²) in [4.78, 5) is 26.2. The van der Waals surface area contributed by atoms with Crippen molar-refractivity contribution in [1.29, 1.82) is 0 Å². The molecule has 1 aromatic rings. The molecule has 1 unspecified atom stereocenters. The van der Waals surface area contributed by atoms with Crippen LogP contribution < -0.4 is 0 Å². The van der Waals surface area contributed by atoms with Gasteiger partial charge < -0.3 is 10.0 Å². The molecular weight excluding hydrogens is 366 g/mol. The van der Waals surface area contributed by atoms with Crippen molar-refractivity contribution in [2.45, 2.75) is 43.0 Å². The Bertz CT molecular complexity index is 538. The summed E-state index contributed by atoms with van der Waals surface area (Å²) in [6, 6.07) is 7.98. The predicted molar refractivity (Wildman–Crippen MR) is 91.1 cm³/mol. The largest absolute Gasteiger partial charge is 0.481 e. The molecule has 4 nitrogen and oxygen atoms in total. The van der Waals surface area contributed by atoms with Gasteiger partial charge in [0.1, 0.15) is 0 Å². The first kappa shape index (κ1) is 17.3. The highest BCUT2D eigenvalue weighted by atomic mass is 79.9. The van der Waals surface area contributed by atoms with Crippen molar-refractivity contribution in [3.05, 3.63) is 28.7 Å². The Morgan fingerprint density at radius 3 is 2.91 bits per heavy atom. The number of hydrogen-bond donors (Lipinski definition) is 1. The lowest BCUT2D eigenvalue weighted by atomic mass is 9.98. The number of carbonyl (C=O) groups excluding carboxylic acids is 1. The van der Waals surface area contributed by atoms with Crippen molar-refractivity contribution in [3.8, 4) is 0 Å². The second-order valence-corrected chi connectivity index (χ2v) is 7.38. The van der Waals surface area contributed by atoms with Crippen molar-refractivity contribution >= 4 is 39.6 Å². The van der Waals surface area contributed by atoms with E-state index in [-0.39, 0.29) is 18.4 Å². The third-order valence-corrected chi connectivity index (χ3v) is 5.27. The summed E-state index contributed by atoms with van der Waals surface area (Å²) in [5.41, 5.74) is 0. The van der Waals surface area contributed by atoms with E-state index in [4.69, 9.17) is 5.11 Å². The molecule has 0 radical (unpaired) electrons. The number of nitrogens with zero attached hydrogens (tertiary/aromatic N) is 1. The summed E-state index contributed by atoms with van der Waals surface area (Å²) < 4.78 is 1.00. The molecule has 1 atom stereocenters. The first-order chi connectivity index (χ1) is 10.6. The molecule has 6 heteroatoms. The average molecular weight is 386 g/mol. The van der Waals surface area contributed by atoms with Crippen molar-refractivity contribution < 1.29 is 14.7 Å². The maximum atomic E-state index is 12.5. The molecular formula is C16H20BrNO3S. The zero-order chi connectivity index (χ0) is 15.9. The molecule has 120 valence electrons. The van der Waals surface area contributed by atoms with Gasteiger partial charge in [0.2, 0.25) is 5.91 Å². The van der Waals surface area contributed by atoms with Gasteiger partial charge >= 0.3 is 5.97 Å². The zero-order valence-corrected chi connectivity index (χ0v) is 14.7. The molecule has 0 aromatic heterocycles. The van der Waals surface area contributed by atoms with Gasteiger partial charge in [-0.2, -0.15) is 0 Å². The number of aliphatic carboxylic acids is 1. The maximum absolute atomic E-state index is 12.5. The molecule has 0 bridgehead atoms. The molecule has 22 heavy (non-hydrogen) atoms. The number of piperidine rings is 1. The van der Waals surface area contributed by atoms with Crippen LogP contribution >= 0.6 is 27.7 Å². The molecule has 1 aromatic carbocycles. The molecule has 0 aliphatic carbocycles. The fourth-order valence-electron chi connectivity index (χ4n) is 2.70. The number of amides is 1. The summed E-state index contributed by atoms with van der Waals surface area (Å²) in [7, 11) is 0. The Kier molecular flexibility index (Phi) is 6.76. The molecule has 1 N–H and O–H groups in total. The summed E-state index contributed by atoms with van der Waals surface area (Å²) in [6.07, 6.45) is 3.69. The van der Waals surface area contributed by atoms with Crippen LogP contribution in [0.5, 0.6) is 0 Å². The van der Waals surface area contributed by atoms with Crippen LogP contribution in [0.3, 0.4) is 0 Å². The van der Waals surface area contributed by atoms with Crippen molar-refractivity contribution in [3.63, 3.8) is 0 Å². The van der Waals surface area contributed by atoms with Gasteiger partial charge in [-0.25, -0.2) is 0 Å². The highest BCUT2D eigenvalue weighted by molar-refractivity contribution is 9.10. The van der Waals surface area contributed by atoms with Gasteiger partial charge in [-0.1, -0.05) is 22.0 Å². The molecule has 1 amide bonds. The Labute approximate surface area is 143 Å². The minimum atomic E-state index is -0.790. The Morgan fingerprint density at radius 1 is 1.36 bits per heavy atom. The van der Waals surface area contributed by atoms with Crippen LogP contribution in [0.4, 0.5) is 0 Å². The van der Waals surface area contributed by atoms with E-state index in [1.165, 1.54) is 11.8 Å². The van der Waals surface area contributed by atoms with Crippen LogP contribution in [0.15, 0.2) is 33.6 Å². The van der Waals surface area contributed by atoms with E-state index in [9.17, 15) is 9.59 Å². The Balaban J connectivity index is 1.89. The number of rotatable bonds is 6. The van der Waals surface area contributed by atoms with E-state index in [1.807, 2.05) is 29.2 Å². The van der Waals surface area contributed by atoms with Crippen molar-refractivity contribution in [2.75, 3.05) is 12.3 Å². The van der Waals surface area contributed by atoms with Gasteiger partial charge in [0.15, 0.2) is 0 Å². The molecule has 0 spiro atoms. The summed E-state index contributed by atoms with van der Waals surface area (Å²) in [5, 5.41) is 8.84. The number of carboxylic acid groups (broad SMARTS) is 1. The zero-order valence-electron chi connectivity index (χ0n) is 12.3. The summed E-state index contributed by atoms with van der Waals surface area (Å²) in [5.74, 6) is -0.276. The van der Waals surface area contributed by atoms with Crippen molar-refractivity contribution in [2.24, 2.45) is 0 Å². The number of hydrogen-bond acceptors (Lipinski definition) is 3. The van der Waals surface area contributed by atoms with E-state index in [1.54, 1.807) is 0 Å². The van der Waals surface area contributed by atoms with E-state index >= 15 is 0 Å². The third kappa shape index (κ3) is 5.32. The highest BCUT2D eigenvalue weighted by Gasteiger charge is 2.26. The second kappa shape index (κ2) is 8.58. The molecule has 2 rings (SSSR count). The van der Waals surface area contributed by atoms with E-state index in [0.29, 0.717) is 12.2 Å². The number of thioether (sulfide) groups is 1. The first-order valence-corrected chi connectivity index (χ1v) is 9.24. The van der Waals surface area contributed by atoms with Gasteiger partial charge in [0, 0.05) is 28.4 Å². The SMILES string of the molecule is O=C(O)CCC1CCCCN1C(=O)CSc1cccc(Br)c1. The van der Waals surface area contributed by atoms with Crippen LogP contribution in [0.1, 0.15) is 32.1 Å². The Hall–Kier alpha value is -1.01. The number of benzene rings is 1. The van der Waals surface area contributed by atoms with Gasteiger partial charge in [-0.15, -0.1) is 11.8 Å². The smallest absolute Gasteiger partial charge is 0.303 e. The molecule has 1 saturated heterocycles. The lowest BCUT2D eigenvalue weighted by molar-refractivity contribution is -0.139. The fourth-order valence-corrected chi connectivity index (χ4v) is 4.10. The van der Waals surface area contributed by atoms with E-state index in [2.05, 4.69) is 15.9 Å². The number of carbonyl (C=O) groups is 2. The van der Waals surface area contributed by atoms with Gasteiger partial charge in [0.25, 0.3) is 0 Å². The number of carboxylic acids is 1. The van der Waals surface area contributed by atoms with E-state index < -0.39 is 5.97 Å². The molecule has 0 saturated carbocycles. The monoisotopic (exact) mass is 385 g/mol. The van der Waals surface area contributed by atoms with Crippen LogP contribution in [0, 0.1) is 0 Å². The summed E-state index contributed by atoms with van der Waals surface area (Å²) in [6.45, 7) is 0.752. The minimum Gasteiger partial charge on any atom is -0.481 e. The van der Waals surface area contributed by atoms with E-state index in [0.717, 1.165) is 35.2 Å². The van der Waals surface area contributed by atoms with Gasteiger partial charge in [0.05, 0.1) is 5.75 Å².